The predicted molar refractivity (Wildman–Crippen MR) is 73.3 cm³/mol. The molecule has 1 aromatic rings. The van der Waals surface area contributed by atoms with Gasteiger partial charge < -0.3 is 5.32 Å². The van der Waals surface area contributed by atoms with Crippen LogP contribution in [-0.2, 0) is 0 Å². The lowest BCUT2D eigenvalue weighted by atomic mass is 10.0. The number of nitrogens with one attached hydrogen (secondary N) is 1. The molecule has 1 N–H and O–H groups in total. The Kier molecular flexibility index (Phi) is 6.86. The van der Waals surface area contributed by atoms with Crippen LogP contribution in [0.5, 0.6) is 0 Å². The highest BCUT2D eigenvalue weighted by Crippen LogP contribution is 2.12. The van der Waals surface area contributed by atoms with Gasteiger partial charge in [0, 0.05) is 18.1 Å². The van der Waals surface area contributed by atoms with E-state index in [1.807, 2.05) is 0 Å². The van der Waals surface area contributed by atoms with Gasteiger partial charge in [0.05, 0.1) is 11.8 Å². The monoisotopic (exact) mass is 316 g/mol. The number of rotatable bonds is 7. The van der Waals surface area contributed by atoms with E-state index in [-0.39, 0.29) is 11.5 Å². The summed E-state index contributed by atoms with van der Waals surface area (Å²) in [6, 6.07) is 1.39. The lowest BCUT2D eigenvalue weighted by molar-refractivity contribution is 0.0942. The minimum Gasteiger partial charge on any atom is -0.352 e. The third-order valence-electron chi connectivity index (χ3n) is 2.78. The SMILES string of the molecule is CCCC(CCBr)CNC(=O)c1ccncc1F. The number of pyridine rings is 1. The minimum atomic E-state index is -0.581. The van der Waals surface area contributed by atoms with E-state index in [2.05, 4.69) is 33.2 Å². The fourth-order valence-electron chi connectivity index (χ4n) is 1.80. The van der Waals surface area contributed by atoms with Gasteiger partial charge in [-0.25, -0.2) is 4.39 Å². The Labute approximate surface area is 115 Å². The van der Waals surface area contributed by atoms with Crippen LogP contribution in [0.2, 0.25) is 0 Å². The average molecular weight is 317 g/mol. The van der Waals surface area contributed by atoms with Gasteiger partial charge in [-0.05, 0) is 24.8 Å². The Morgan fingerprint density at radius 2 is 2.33 bits per heavy atom. The van der Waals surface area contributed by atoms with Crippen LogP contribution in [0.25, 0.3) is 0 Å². The van der Waals surface area contributed by atoms with E-state index >= 15 is 0 Å². The van der Waals surface area contributed by atoms with Crippen LogP contribution in [0.15, 0.2) is 18.5 Å². The molecule has 0 aliphatic rings. The van der Waals surface area contributed by atoms with Crippen molar-refractivity contribution in [1.29, 1.82) is 0 Å². The summed E-state index contributed by atoms with van der Waals surface area (Å²) in [6.07, 6.45) is 5.62. The van der Waals surface area contributed by atoms with Gasteiger partial charge in [-0.2, -0.15) is 0 Å². The molecule has 1 unspecified atom stereocenters. The summed E-state index contributed by atoms with van der Waals surface area (Å²) in [6.45, 7) is 2.70. The Balaban J connectivity index is 2.52. The van der Waals surface area contributed by atoms with Crippen molar-refractivity contribution in [3.05, 3.63) is 29.8 Å². The minimum absolute atomic E-state index is 0.0547. The van der Waals surface area contributed by atoms with Gasteiger partial charge in [0.15, 0.2) is 5.82 Å². The maximum atomic E-state index is 13.3. The molecule has 0 bridgehead atoms. The second-order valence-corrected chi connectivity index (χ2v) is 4.99. The zero-order chi connectivity index (χ0) is 13.4. The molecule has 0 radical (unpaired) electrons. The quantitative estimate of drug-likeness (QED) is 0.785. The van der Waals surface area contributed by atoms with E-state index in [0.717, 1.165) is 30.8 Å². The first-order chi connectivity index (χ1) is 8.69. The van der Waals surface area contributed by atoms with E-state index in [1.165, 1.54) is 12.3 Å². The molecular formula is C13H18BrFN2O. The third-order valence-corrected chi connectivity index (χ3v) is 3.24. The van der Waals surface area contributed by atoms with Crippen LogP contribution < -0.4 is 5.32 Å². The Bertz CT molecular complexity index is 381. The fraction of sp³-hybridized carbons (Fsp3) is 0.538. The second kappa shape index (κ2) is 8.19. The predicted octanol–water partition coefficient (Wildman–Crippen LogP) is 3.15. The van der Waals surface area contributed by atoms with Crippen LogP contribution in [0.3, 0.4) is 0 Å². The maximum Gasteiger partial charge on any atom is 0.254 e. The molecule has 0 fully saturated rings. The molecule has 0 aliphatic heterocycles. The van der Waals surface area contributed by atoms with Crippen LogP contribution >= 0.6 is 15.9 Å². The standard InChI is InChI=1S/C13H18BrFN2O/c1-2-3-10(4-6-14)8-17-13(18)11-5-7-16-9-12(11)15/h5,7,9-10H,2-4,6,8H2,1H3,(H,17,18). The molecule has 3 nitrogen and oxygen atoms in total. The van der Waals surface area contributed by atoms with Crippen LogP contribution in [-0.4, -0.2) is 22.8 Å². The molecule has 0 saturated carbocycles. The zero-order valence-corrected chi connectivity index (χ0v) is 12.0. The highest BCUT2D eigenvalue weighted by atomic mass is 79.9. The van der Waals surface area contributed by atoms with Crippen molar-refractivity contribution in [2.24, 2.45) is 5.92 Å². The number of carbonyl (C=O) groups excluding carboxylic acids is 1. The highest BCUT2D eigenvalue weighted by molar-refractivity contribution is 9.09. The summed E-state index contributed by atoms with van der Waals surface area (Å²) in [5.41, 5.74) is 0.0547. The number of hydrogen-bond donors (Lipinski definition) is 1. The molecule has 18 heavy (non-hydrogen) atoms. The van der Waals surface area contributed by atoms with E-state index < -0.39 is 5.82 Å². The van der Waals surface area contributed by atoms with Crippen LogP contribution in [0.1, 0.15) is 36.5 Å². The molecule has 1 amide bonds. The van der Waals surface area contributed by atoms with Gasteiger partial charge in [0.1, 0.15) is 0 Å². The van der Waals surface area contributed by atoms with Crippen molar-refractivity contribution in [1.82, 2.24) is 10.3 Å². The summed E-state index contributed by atoms with van der Waals surface area (Å²) in [5.74, 6) is -0.517. The second-order valence-electron chi connectivity index (χ2n) is 4.20. The van der Waals surface area contributed by atoms with Crippen molar-refractivity contribution >= 4 is 21.8 Å². The smallest absolute Gasteiger partial charge is 0.254 e. The molecular weight excluding hydrogens is 299 g/mol. The van der Waals surface area contributed by atoms with Gasteiger partial charge >= 0.3 is 0 Å². The first-order valence-electron chi connectivity index (χ1n) is 6.12. The number of alkyl halides is 1. The normalized spacial score (nSPS) is 12.2. The topological polar surface area (TPSA) is 42.0 Å². The van der Waals surface area contributed by atoms with Gasteiger partial charge in [-0.1, -0.05) is 29.3 Å². The lowest BCUT2D eigenvalue weighted by Gasteiger charge is -2.15. The summed E-state index contributed by atoms with van der Waals surface area (Å²) < 4.78 is 13.3. The molecule has 100 valence electrons. The molecule has 0 aliphatic carbocycles. The first kappa shape index (κ1) is 15.1. The Morgan fingerprint density at radius 3 is 2.94 bits per heavy atom. The van der Waals surface area contributed by atoms with E-state index in [9.17, 15) is 9.18 Å². The van der Waals surface area contributed by atoms with Gasteiger partial charge in [0.25, 0.3) is 5.91 Å². The molecule has 1 rings (SSSR count). The van der Waals surface area contributed by atoms with Crippen molar-refractivity contribution in [3.8, 4) is 0 Å². The molecule has 5 heteroatoms. The molecule has 1 atom stereocenters. The van der Waals surface area contributed by atoms with E-state index in [4.69, 9.17) is 0 Å². The van der Waals surface area contributed by atoms with Crippen molar-refractivity contribution in [2.75, 3.05) is 11.9 Å². The van der Waals surface area contributed by atoms with Gasteiger partial charge in [-0.3, -0.25) is 9.78 Å². The third kappa shape index (κ3) is 4.72. The number of carbonyl (C=O) groups is 1. The largest absolute Gasteiger partial charge is 0.352 e. The zero-order valence-electron chi connectivity index (χ0n) is 10.5. The maximum absolute atomic E-state index is 13.3. The summed E-state index contributed by atoms with van der Waals surface area (Å²) in [4.78, 5) is 15.4. The number of halogens is 2. The van der Waals surface area contributed by atoms with E-state index in [1.54, 1.807) is 0 Å². The molecule has 0 spiro atoms. The Hall–Kier alpha value is -0.970. The number of aromatic nitrogens is 1. The van der Waals surface area contributed by atoms with Gasteiger partial charge in [0.2, 0.25) is 0 Å². The highest BCUT2D eigenvalue weighted by Gasteiger charge is 2.13. The van der Waals surface area contributed by atoms with Crippen molar-refractivity contribution in [3.63, 3.8) is 0 Å². The van der Waals surface area contributed by atoms with Gasteiger partial charge in [-0.15, -0.1) is 0 Å². The first-order valence-corrected chi connectivity index (χ1v) is 7.24. The number of nitrogens with zero attached hydrogens (tertiary/aromatic N) is 1. The van der Waals surface area contributed by atoms with E-state index in [0.29, 0.717) is 12.5 Å². The lowest BCUT2D eigenvalue weighted by Crippen LogP contribution is -2.30. The number of hydrogen-bond acceptors (Lipinski definition) is 2. The van der Waals surface area contributed by atoms with Crippen molar-refractivity contribution < 1.29 is 9.18 Å². The van der Waals surface area contributed by atoms with Crippen LogP contribution in [0.4, 0.5) is 4.39 Å². The Morgan fingerprint density at radius 1 is 1.56 bits per heavy atom. The van der Waals surface area contributed by atoms with Crippen molar-refractivity contribution in [2.45, 2.75) is 26.2 Å². The van der Waals surface area contributed by atoms with Crippen LogP contribution in [0, 0.1) is 11.7 Å². The molecule has 0 saturated heterocycles. The fourth-order valence-corrected chi connectivity index (χ4v) is 2.45. The molecule has 1 heterocycles. The molecule has 1 aromatic heterocycles. The summed E-state index contributed by atoms with van der Waals surface area (Å²) >= 11 is 3.40. The summed E-state index contributed by atoms with van der Waals surface area (Å²) in [5, 5.41) is 3.70. The molecule has 0 aromatic carbocycles. The average Bonchev–Trinajstić information content (AvgIpc) is 2.36. The number of amides is 1. The summed E-state index contributed by atoms with van der Waals surface area (Å²) in [7, 11) is 0.